The normalized spacial score (nSPS) is 22.6. The van der Waals surface area contributed by atoms with Crippen molar-refractivity contribution in [3.8, 4) is 0 Å². The predicted molar refractivity (Wildman–Crippen MR) is 130 cm³/mol. The molecule has 0 unspecified atom stereocenters. The van der Waals surface area contributed by atoms with Crippen LogP contribution in [-0.2, 0) is 23.9 Å². The Morgan fingerprint density at radius 1 is 1.24 bits per heavy atom. The zero-order chi connectivity index (χ0) is 24.3. The number of hydrogen-bond acceptors (Lipinski definition) is 7. The number of carbonyl (C=O) groups is 3. The van der Waals surface area contributed by atoms with E-state index < -0.39 is 23.8 Å². The molecule has 3 rings (SSSR count). The zero-order valence-electron chi connectivity index (χ0n) is 19.0. The molecule has 0 radical (unpaired) electrons. The van der Waals surface area contributed by atoms with Crippen LogP contribution in [0, 0.1) is 11.8 Å². The molecule has 0 spiro atoms. The van der Waals surface area contributed by atoms with E-state index in [1.54, 1.807) is 36.9 Å². The molecule has 0 saturated carbocycles. The van der Waals surface area contributed by atoms with E-state index >= 15 is 0 Å². The highest BCUT2D eigenvalue weighted by molar-refractivity contribution is 7.99. The lowest BCUT2D eigenvalue weighted by atomic mass is 9.69. The van der Waals surface area contributed by atoms with Gasteiger partial charge in [0.1, 0.15) is 12.5 Å². The van der Waals surface area contributed by atoms with Gasteiger partial charge >= 0.3 is 11.9 Å². The summed E-state index contributed by atoms with van der Waals surface area (Å²) in [6.07, 6.45) is 0.464. The van der Waals surface area contributed by atoms with Crippen LogP contribution >= 0.6 is 35.0 Å². The number of methoxy groups -OCH3 is 1. The maximum Gasteiger partial charge on any atom is 0.336 e. The summed E-state index contributed by atoms with van der Waals surface area (Å²) in [5.74, 6) is -1.80. The van der Waals surface area contributed by atoms with E-state index in [0.29, 0.717) is 50.3 Å². The summed E-state index contributed by atoms with van der Waals surface area (Å²) in [6, 6.07) is 5.02. The van der Waals surface area contributed by atoms with Crippen molar-refractivity contribution in [3.63, 3.8) is 0 Å². The van der Waals surface area contributed by atoms with Gasteiger partial charge in [0.05, 0.1) is 22.7 Å². The Morgan fingerprint density at radius 3 is 2.61 bits per heavy atom. The van der Waals surface area contributed by atoms with Crippen LogP contribution in [0.3, 0.4) is 0 Å². The number of rotatable bonds is 7. The number of carbonyl (C=O) groups excluding carboxylic acids is 3. The molecule has 1 heterocycles. The molecule has 0 fully saturated rings. The second-order valence-corrected chi connectivity index (χ2v) is 10.3. The van der Waals surface area contributed by atoms with E-state index in [-0.39, 0.29) is 18.3 Å². The summed E-state index contributed by atoms with van der Waals surface area (Å²) >= 11 is 14.1. The van der Waals surface area contributed by atoms with Crippen molar-refractivity contribution in [1.82, 2.24) is 5.32 Å². The van der Waals surface area contributed by atoms with Crippen LogP contribution in [0.15, 0.2) is 40.7 Å². The summed E-state index contributed by atoms with van der Waals surface area (Å²) in [4.78, 5) is 39.3. The molecule has 0 bridgehead atoms. The Bertz CT molecular complexity index is 1040. The van der Waals surface area contributed by atoms with Crippen molar-refractivity contribution in [3.05, 3.63) is 56.3 Å². The molecule has 1 N–H and O–H groups in total. The number of hydrogen-bond donors (Lipinski definition) is 1. The van der Waals surface area contributed by atoms with Crippen molar-refractivity contribution in [2.45, 2.75) is 33.1 Å². The van der Waals surface area contributed by atoms with Gasteiger partial charge in [-0.1, -0.05) is 43.1 Å². The van der Waals surface area contributed by atoms with Gasteiger partial charge in [0, 0.05) is 28.6 Å². The maximum absolute atomic E-state index is 13.6. The molecule has 0 amide bonds. The molecule has 1 aromatic carbocycles. The summed E-state index contributed by atoms with van der Waals surface area (Å²) in [5.41, 5.74) is 2.61. The summed E-state index contributed by atoms with van der Waals surface area (Å²) in [5, 5.41) is 3.90. The van der Waals surface area contributed by atoms with Gasteiger partial charge < -0.3 is 14.8 Å². The largest absolute Gasteiger partial charge is 0.468 e. The van der Waals surface area contributed by atoms with E-state index in [9.17, 15) is 14.4 Å². The Labute approximate surface area is 208 Å². The van der Waals surface area contributed by atoms with E-state index in [1.165, 1.54) is 7.11 Å². The molecular formula is C24H27Cl2NO5S. The van der Waals surface area contributed by atoms with E-state index in [2.05, 4.69) is 5.32 Å². The van der Waals surface area contributed by atoms with E-state index in [1.807, 2.05) is 13.8 Å². The lowest BCUT2D eigenvalue weighted by Crippen LogP contribution is -2.43. The van der Waals surface area contributed by atoms with Crippen molar-refractivity contribution >= 4 is 52.7 Å². The van der Waals surface area contributed by atoms with Gasteiger partial charge in [-0.15, -0.1) is 0 Å². The molecule has 3 atom stereocenters. The van der Waals surface area contributed by atoms with Crippen LogP contribution in [0.25, 0.3) is 0 Å². The topological polar surface area (TPSA) is 81.7 Å². The van der Waals surface area contributed by atoms with Crippen LogP contribution < -0.4 is 5.32 Å². The number of benzene rings is 1. The maximum atomic E-state index is 13.6. The third-order valence-electron chi connectivity index (χ3n) is 5.90. The number of nitrogens with one attached hydrogen (secondary N) is 1. The van der Waals surface area contributed by atoms with Crippen LogP contribution in [-0.4, -0.2) is 42.9 Å². The monoisotopic (exact) mass is 511 g/mol. The number of ketones is 1. The van der Waals surface area contributed by atoms with Crippen LogP contribution in [0.2, 0.25) is 10.0 Å². The fourth-order valence-corrected chi connectivity index (χ4v) is 5.19. The first-order chi connectivity index (χ1) is 15.7. The first-order valence-electron chi connectivity index (χ1n) is 10.7. The van der Waals surface area contributed by atoms with Gasteiger partial charge in [-0.2, -0.15) is 11.8 Å². The summed E-state index contributed by atoms with van der Waals surface area (Å²) in [7, 11) is 1.27. The minimum Gasteiger partial charge on any atom is -0.468 e. The van der Waals surface area contributed by atoms with Gasteiger partial charge in [0.2, 0.25) is 0 Å². The minimum absolute atomic E-state index is 0.252. The van der Waals surface area contributed by atoms with Gasteiger partial charge in [-0.25, -0.2) is 4.79 Å². The highest BCUT2D eigenvalue weighted by Gasteiger charge is 2.47. The van der Waals surface area contributed by atoms with Crippen LogP contribution in [0.4, 0.5) is 0 Å². The van der Waals surface area contributed by atoms with Crippen molar-refractivity contribution in [2.24, 2.45) is 11.8 Å². The number of esters is 2. The SMILES string of the molecule is CCSCCOC(=O)C1=C(C)NC2=C(C(=O)[C@@H](C(=O)OC)[C@H](C)C2)[C@@H]1c1ccc(Cl)c(Cl)c1. The van der Waals surface area contributed by atoms with Crippen molar-refractivity contribution < 1.29 is 23.9 Å². The van der Waals surface area contributed by atoms with Crippen LogP contribution in [0.5, 0.6) is 0 Å². The first kappa shape index (κ1) is 25.7. The number of Topliss-reactive ketones (excluding diaryl/α,β-unsaturated/α-hetero) is 1. The third-order valence-corrected chi connectivity index (χ3v) is 7.51. The number of dihydropyridines is 1. The standard InChI is InChI=1S/C24H27Cl2NO5S/c1-5-33-9-8-32-24(30)19-13(3)27-17-10-12(2)18(23(29)31-4)22(28)21(17)20(19)14-6-7-15(25)16(26)11-14/h6-7,11-12,18,20,27H,5,8-10H2,1-4H3/t12-,18+,20-/m1/s1. The minimum atomic E-state index is -0.947. The molecule has 0 saturated heterocycles. The molecule has 2 aliphatic rings. The Morgan fingerprint density at radius 2 is 1.97 bits per heavy atom. The number of halogens is 2. The number of thioether (sulfide) groups is 1. The summed E-state index contributed by atoms with van der Waals surface area (Å²) < 4.78 is 10.5. The van der Waals surface area contributed by atoms with E-state index in [0.717, 1.165) is 5.75 Å². The van der Waals surface area contributed by atoms with Gasteiger partial charge in [0.25, 0.3) is 0 Å². The van der Waals surface area contributed by atoms with Crippen molar-refractivity contribution in [1.29, 1.82) is 0 Å². The molecule has 9 heteroatoms. The molecule has 1 aliphatic carbocycles. The molecule has 1 aliphatic heterocycles. The first-order valence-corrected chi connectivity index (χ1v) is 12.6. The third kappa shape index (κ3) is 5.26. The second-order valence-electron chi connectivity index (χ2n) is 8.04. The zero-order valence-corrected chi connectivity index (χ0v) is 21.3. The second kappa shape index (κ2) is 11.0. The quantitative estimate of drug-likeness (QED) is 0.316. The highest BCUT2D eigenvalue weighted by Crippen LogP contribution is 2.46. The number of ether oxygens (including phenoxy) is 2. The molecule has 6 nitrogen and oxygen atoms in total. The lowest BCUT2D eigenvalue weighted by Gasteiger charge is -2.38. The van der Waals surface area contributed by atoms with Crippen molar-refractivity contribution in [2.75, 3.05) is 25.2 Å². The molecule has 33 heavy (non-hydrogen) atoms. The van der Waals surface area contributed by atoms with E-state index in [4.69, 9.17) is 32.7 Å². The average Bonchev–Trinajstić information content (AvgIpc) is 2.77. The Balaban J connectivity index is 2.10. The highest BCUT2D eigenvalue weighted by atomic mass is 35.5. The fraction of sp³-hybridized carbons (Fsp3) is 0.458. The lowest BCUT2D eigenvalue weighted by molar-refractivity contribution is -0.151. The Kier molecular flexibility index (Phi) is 8.54. The van der Waals surface area contributed by atoms with Gasteiger partial charge in [-0.05, 0) is 42.7 Å². The summed E-state index contributed by atoms with van der Waals surface area (Å²) in [6.45, 7) is 5.91. The molecular weight excluding hydrogens is 485 g/mol. The van der Waals surface area contributed by atoms with Gasteiger partial charge in [0.15, 0.2) is 5.78 Å². The predicted octanol–water partition coefficient (Wildman–Crippen LogP) is 4.90. The number of allylic oxidation sites excluding steroid dienone is 3. The smallest absolute Gasteiger partial charge is 0.336 e. The van der Waals surface area contributed by atoms with Gasteiger partial charge in [-0.3, -0.25) is 9.59 Å². The Hall–Kier alpha value is -1.96. The fourth-order valence-electron chi connectivity index (χ4n) is 4.39. The van der Waals surface area contributed by atoms with Crippen LogP contribution in [0.1, 0.15) is 38.7 Å². The molecule has 178 valence electrons. The molecule has 0 aromatic heterocycles. The molecule has 1 aromatic rings. The average molecular weight is 512 g/mol.